The first-order valence-corrected chi connectivity index (χ1v) is 12.7. The molecule has 1 aromatic carbocycles. The lowest BCUT2D eigenvalue weighted by Crippen LogP contribution is -2.42. The Labute approximate surface area is 226 Å². The van der Waals surface area contributed by atoms with Crippen LogP contribution in [0.2, 0.25) is 5.02 Å². The molecule has 4 aliphatic rings. The van der Waals surface area contributed by atoms with Crippen LogP contribution in [0.1, 0.15) is 16.8 Å². The number of allylic oxidation sites excluding steroid dienone is 4. The molecule has 2 fully saturated rings. The molecule has 1 aromatic rings. The van der Waals surface area contributed by atoms with Crippen molar-refractivity contribution in [1.82, 2.24) is 10.2 Å². The van der Waals surface area contributed by atoms with Gasteiger partial charge in [0.1, 0.15) is 5.83 Å². The van der Waals surface area contributed by atoms with Gasteiger partial charge >= 0.3 is 6.61 Å². The fraction of sp³-hybridized carbons (Fsp3) is 0.385. The van der Waals surface area contributed by atoms with E-state index in [4.69, 9.17) is 21.1 Å². The summed E-state index contributed by atoms with van der Waals surface area (Å²) < 4.78 is 50.9. The Hall–Kier alpha value is -3.64. The Morgan fingerprint density at radius 2 is 1.97 bits per heavy atom. The molecule has 2 saturated heterocycles. The third-order valence-corrected chi connectivity index (χ3v) is 7.03. The SMILES string of the molecule is O=C1C=C(C(=O)N[C@@H]2CCN(c3c(OC(F)F)cc(Cl)cc3C(=O)N3CCOCC3)C2)C2C=CC=C(F)C2=N1. The molecule has 0 saturated carbocycles. The number of carbonyl (C=O) groups is 3. The molecule has 3 amide bonds. The summed E-state index contributed by atoms with van der Waals surface area (Å²) in [5.41, 5.74) is 0.184. The molecule has 206 valence electrons. The molecule has 13 heteroatoms. The third kappa shape index (κ3) is 5.71. The first-order chi connectivity index (χ1) is 18.7. The van der Waals surface area contributed by atoms with Gasteiger partial charge in [0.15, 0.2) is 5.75 Å². The van der Waals surface area contributed by atoms with Crippen LogP contribution in [0.5, 0.6) is 5.75 Å². The normalized spacial score (nSPS) is 22.8. The van der Waals surface area contributed by atoms with Gasteiger partial charge < -0.3 is 24.6 Å². The minimum atomic E-state index is -3.16. The highest BCUT2D eigenvalue weighted by molar-refractivity contribution is 6.31. The van der Waals surface area contributed by atoms with E-state index >= 15 is 0 Å². The maximum Gasteiger partial charge on any atom is 0.387 e. The summed E-state index contributed by atoms with van der Waals surface area (Å²) >= 11 is 6.18. The second-order valence-corrected chi connectivity index (χ2v) is 9.74. The molecule has 0 radical (unpaired) electrons. The van der Waals surface area contributed by atoms with Gasteiger partial charge in [0, 0.05) is 55.0 Å². The number of hydrogen-bond acceptors (Lipinski definition) is 6. The van der Waals surface area contributed by atoms with Crippen LogP contribution in [-0.2, 0) is 14.3 Å². The van der Waals surface area contributed by atoms with Gasteiger partial charge in [-0.25, -0.2) is 9.38 Å². The fourth-order valence-corrected chi connectivity index (χ4v) is 5.27. The number of anilines is 1. The van der Waals surface area contributed by atoms with Gasteiger partial charge in [-0.3, -0.25) is 14.4 Å². The van der Waals surface area contributed by atoms with E-state index in [0.29, 0.717) is 39.3 Å². The Morgan fingerprint density at radius 3 is 2.72 bits per heavy atom. The summed E-state index contributed by atoms with van der Waals surface area (Å²) in [6, 6.07) is 2.17. The van der Waals surface area contributed by atoms with Gasteiger partial charge in [0.2, 0.25) is 5.91 Å². The van der Waals surface area contributed by atoms with Crippen LogP contribution in [0.15, 0.2) is 52.8 Å². The number of alkyl halides is 2. The molecule has 0 bridgehead atoms. The minimum Gasteiger partial charge on any atom is -0.433 e. The molecule has 2 atom stereocenters. The van der Waals surface area contributed by atoms with Gasteiger partial charge in [0.05, 0.1) is 36.1 Å². The van der Waals surface area contributed by atoms with E-state index in [1.54, 1.807) is 15.9 Å². The number of rotatable bonds is 6. The van der Waals surface area contributed by atoms with Crippen molar-refractivity contribution in [2.45, 2.75) is 19.1 Å². The standard InChI is InChI=1S/C26H24ClF3N4O5/c27-14-10-18(25(37)33-6-8-38-9-7-33)23(20(11-14)39-26(29)30)34-5-4-15(13-34)31-24(36)17-12-21(35)32-22-16(17)2-1-3-19(22)28/h1-3,10-12,15-16,26H,4-9,13H2,(H,31,36)/t15-,16?/m1/s1. The molecular formula is C26H24ClF3N4O5. The summed E-state index contributed by atoms with van der Waals surface area (Å²) in [5, 5.41) is 2.90. The summed E-state index contributed by atoms with van der Waals surface area (Å²) in [6.45, 7) is -1.33. The zero-order valence-corrected chi connectivity index (χ0v) is 21.3. The second kappa shape index (κ2) is 11.2. The van der Waals surface area contributed by atoms with Crippen molar-refractivity contribution in [3.8, 4) is 5.75 Å². The Balaban J connectivity index is 1.37. The van der Waals surface area contributed by atoms with Crippen molar-refractivity contribution in [3.05, 3.63) is 58.4 Å². The Bertz CT molecular complexity index is 1320. The van der Waals surface area contributed by atoms with Crippen LogP contribution in [-0.4, -0.2) is 80.4 Å². The molecule has 3 heterocycles. The minimum absolute atomic E-state index is 0.0550. The molecule has 1 aliphatic carbocycles. The molecular weight excluding hydrogens is 541 g/mol. The fourth-order valence-electron chi connectivity index (χ4n) is 5.07. The van der Waals surface area contributed by atoms with Crippen LogP contribution in [0.3, 0.4) is 0 Å². The smallest absolute Gasteiger partial charge is 0.387 e. The maximum absolute atomic E-state index is 14.2. The Morgan fingerprint density at radius 1 is 1.21 bits per heavy atom. The van der Waals surface area contributed by atoms with Crippen LogP contribution >= 0.6 is 11.6 Å². The second-order valence-electron chi connectivity index (χ2n) is 9.30. The summed E-state index contributed by atoms with van der Waals surface area (Å²) in [7, 11) is 0. The molecule has 1 N–H and O–H groups in total. The number of dihydropyridines is 1. The van der Waals surface area contributed by atoms with E-state index in [0.717, 1.165) is 6.08 Å². The average molecular weight is 565 g/mol. The number of carbonyl (C=O) groups excluding carboxylic acids is 3. The van der Waals surface area contributed by atoms with Crippen molar-refractivity contribution < 1.29 is 37.0 Å². The number of nitrogens with one attached hydrogen (secondary N) is 1. The molecule has 3 aliphatic heterocycles. The van der Waals surface area contributed by atoms with Crippen LogP contribution in [0.4, 0.5) is 18.9 Å². The van der Waals surface area contributed by atoms with E-state index in [1.807, 2.05) is 0 Å². The monoisotopic (exact) mass is 564 g/mol. The van der Waals surface area contributed by atoms with Gasteiger partial charge in [-0.1, -0.05) is 23.8 Å². The highest BCUT2D eigenvalue weighted by Gasteiger charge is 2.36. The average Bonchev–Trinajstić information content (AvgIpc) is 3.36. The van der Waals surface area contributed by atoms with Crippen molar-refractivity contribution >= 4 is 40.7 Å². The van der Waals surface area contributed by atoms with Crippen molar-refractivity contribution in [2.75, 3.05) is 44.3 Å². The number of fused-ring (bicyclic) bond motifs is 1. The predicted octanol–water partition coefficient (Wildman–Crippen LogP) is 3.06. The van der Waals surface area contributed by atoms with Crippen LogP contribution < -0.4 is 15.0 Å². The van der Waals surface area contributed by atoms with Crippen molar-refractivity contribution in [2.24, 2.45) is 10.9 Å². The van der Waals surface area contributed by atoms with Crippen LogP contribution in [0, 0.1) is 5.92 Å². The van der Waals surface area contributed by atoms with Crippen molar-refractivity contribution in [1.29, 1.82) is 0 Å². The van der Waals surface area contributed by atoms with E-state index in [2.05, 4.69) is 10.3 Å². The number of benzene rings is 1. The molecule has 9 nitrogen and oxygen atoms in total. The lowest BCUT2D eigenvalue weighted by atomic mass is 9.87. The molecule has 0 spiro atoms. The van der Waals surface area contributed by atoms with Gasteiger partial charge in [0.25, 0.3) is 11.8 Å². The van der Waals surface area contributed by atoms with E-state index in [-0.39, 0.29) is 39.9 Å². The van der Waals surface area contributed by atoms with Gasteiger partial charge in [-0.2, -0.15) is 8.78 Å². The number of ether oxygens (including phenoxy) is 2. The molecule has 1 unspecified atom stereocenters. The highest BCUT2D eigenvalue weighted by atomic mass is 35.5. The lowest BCUT2D eigenvalue weighted by Gasteiger charge is -2.30. The van der Waals surface area contributed by atoms with E-state index in [1.165, 1.54) is 24.3 Å². The van der Waals surface area contributed by atoms with Crippen LogP contribution in [0.25, 0.3) is 0 Å². The van der Waals surface area contributed by atoms with Gasteiger partial charge in [-0.15, -0.1) is 0 Å². The number of hydrogen-bond donors (Lipinski definition) is 1. The largest absolute Gasteiger partial charge is 0.433 e. The first kappa shape index (κ1) is 26.9. The Kier molecular flexibility index (Phi) is 7.76. The molecule has 0 aromatic heterocycles. The zero-order chi connectivity index (χ0) is 27.7. The van der Waals surface area contributed by atoms with E-state index in [9.17, 15) is 27.6 Å². The number of morpholine rings is 1. The number of amides is 3. The molecule has 39 heavy (non-hydrogen) atoms. The topological polar surface area (TPSA) is 101 Å². The third-order valence-electron chi connectivity index (χ3n) is 6.82. The summed E-state index contributed by atoms with van der Waals surface area (Å²) in [5.74, 6) is -3.45. The highest BCUT2D eigenvalue weighted by Crippen LogP contribution is 2.39. The summed E-state index contributed by atoms with van der Waals surface area (Å²) in [6.07, 6.45) is 5.67. The number of nitrogens with zero attached hydrogens (tertiary/aromatic N) is 3. The maximum atomic E-state index is 14.2. The lowest BCUT2D eigenvalue weighted by molar-refractivity contribution is -0.119. The zero-order valence-electron chi connectivity index (χ0n) is 20.5. The predicted molar refractivity (Wildman–Crippen MR) is 136 cm³/mol. The van der Waals surface area contributed by atoms with Crippen molar-refractivity contribution in [3.63, 3.8) is 0 Å². The molecule has 5 rings (SSSR count). The quantitative estimate of drug-likeness (QED) is 0.570. The van der Waals surface area contributed by atoms with Gasteiger partial charge in [-0.05, 0) is 18.6 Å². The summed E-state index contributed by atoms with van der Waals surface area (Å²) in [4.78, 5) is 45.5. The van der Waals surface area contributed by atoms with E-state index < -0.39 is 42.1 Å². The number of halogens is 4. The number of aliphatic imine (C=N–C) groups is 1. The first-order valence-electron chi connectivity index (χ1n) is 12.3.